The molecule has 0 radical (unpaired) electrons. The van der Waals surface area contributed by atoms with Gasteiger partial charge in [-0.25, -0.2) is 0 Å². The van der Waals surface area contributed by atoms with Gasteiger partial charge >= 0.3 is 0 Å². The SMILES string of the molecule is COc1ccc(CNC(=O)C2(N(Cc3ccc(Cl)cc3Cl)C(C)=O)CCNC2)cc1. The van der Waals surface area contributed by atoms with Gasteiger partial charge < -0.3 is 20.3 Å². The van der Waals surface area contributed by atoms with E-state index in [1.165, 1.54) is 6.92 Å². The Morgan fingerprint density at radius 2 is 1.93 bits per heavy atom. The van der Waals surface area contributed by atoms with Crippen LogP contribution in [-0.4, -0.2) is 42.5 Å². The van der Waals surface area contributed by atoms with E-state index in [9.17, 15) is 9.59 Å². The minimum atomic E-state index is -0.985. The van der Waals surface area contributed by atoms with Crippen LogP contribution in [0.1, 0.15) is 24.5 Å². The highest BCUT2D eigenvalue weighted by Crippen LogP contribution is 2.29. The third kappa shape index (κ3) is 4.89. The van der Waals surface area contributed by atoms with Crippen LogP contribution < -0.4 is 15.4 Å². The lowest BCUT2D eigenvalue weighted by Gasteiger charge is -2.39. The molecule has 1 atom stereocenters. The summed E-state index contributed by atoms with van der Waals surface area (Å²) in [4.78, 5) is 27.5. The van der Waals surface area contributed by atoms with Crippen molar-refractivity contribution in [1.82, 2.24) is 15.5 Å². The Morgan fingerprint density at radius 1 is 1.20 bits per heavy atom. The minimum absolute atomic E-state index is 0.190. The van der Waals surface area contributed by atoms with Crippen LogP contribution in [0.15, 0.2) is 42.5 Å². The largest absolute Gasteiger partial charge is 0.497 e. The van der Waals surface area contributed by atoms with Crippen LogP contribution in [-0.2, 0) is 22.7 Å². The van der Waals surface area contributed by atoms with Gasteiger partial charge in [0, 0.05) is 36.6 Å². The van der Waals surface area contributed by atoms with Crippen molar-refractivity contribution in [3.05, 3.63) is 63.6 Å². The summed E-state index contributed by atoms with van der Waals surface area (Å²) in [7, 11) is 1.61. The average molecular weight is 450 g/mol. The van der Waals surface area contributed by atoms with Crippen LogP contribution in [0.5, 0.6) is 5.75 Å². The minimum Gasteiger partial charge on any atom is -0.497 e. The van der Waals surface area contributed by atoms with Gasteiger partial charge in [0.15, 0.2) is 0 Å². The number of ether oxygens (including phenoxy) is 1. The predicted molar refractivity (Wildman–Crippen MR) is 118 cm³/mol. The molecular weight excluding hydrogens is 425 g/mol. The zero-order valence-corrected chi connectivity index (χ0v) is 18.5. The first-order chi connectivity index (χ1) is 14.4. The van der Waals surface area contributed by atoms with Crippen LogP contribution in [0.25, 0.3) is 0 Å². The van der Waals surface area contributed by atoms with E-state index in [1.54, 1.807) is 30.2 Å². The number of nitrogens with zero attached hydrogens (tertiary/aromatic N) is 1. The number of benzene rings is 2. The standard InChI is InChI=1S/C22H25Cl2N3O3/c1-15(28)27(13-17-5-6-18(23)11-20(17)24)22(9-10-25-14-22)21(29)26-12-16-3-7-19(30-2)8-4-16/h3-8,11,25H,9-10,12-14H2,1-2H3,(H,26,29). The second-order valence-corrected chi connectivity index (χ2v) is 8.17. The summed E-state index contributed by atoms with van der Waals surface area (Å²) in [6.45, 7) is 3.09. The van der Waals surface area contributed by atoms with E-state index >= 15 is 0 Å². The summed E-state index contributed by atoms with van der Waals surface area (Å²) in [5, 5.41) is 7.21. The Labute approximate surface area is 186 Å². The van der Waals surface area contributed by atoms with Gasteiger partial charge in [0.2, 0.25) is 11.8 Å². The highest BCUT2D eigenvalue weighted by Gasteiger charge is 2.47. The monoisotopic (exact) mass is 449 g/mol. The fraction of sp³-hybridized carbons (Fsp3) is 0.364. The zero-order chi connectivity index (χ0) is 21.7. The lowest BCUT2D eigenvalue weighted by molar-refractivity contribution is -0.146. The molecule has 1 heterocycles. The number of methoxy groups -OCH3 is 1. The van der Waals surface area contributed by atoms with Crippen molar-refractivity contribution in [2.24, 2.45) is 0 Å². The van der Waals surface area contributed by atoms with Crippen LogP contribution in [0, 0.1) is 0 Å². The van der Waals surface area contributed by atoms with E-state index in [0.717, 1.165) is 16.9 Å². The molecule has 1 saturated heterocycles. The summed E-state index contributed by atoms with van der Waals surface area (Å²) >= 11 is 12.3. The number of rotatable bonds is 7. The number of hydrogen-bond acceptors (Lipinski definition) is 4. The van der Waals surface area contributed by atoms with Crippen molar-refractivity contribution in [1.29, 1.82) is 0 Å². The maximum atomic E-state index is 13.3. The van der Waals surface area contributed by atoms with Gasteiger partial charge in [-0.05, 0) is 48.4 Å². The summed E-state index contributed by atoms with van der Waals surface area (Å²) in [6, 6.07) is 12.6. The van der Waals surface area contributed by atoms with Crippen molar-refractivity contribution in [3.63, 3.8) is 0 Å². The van der Waals surface area contributed by atoms with E-state index in [-0.39, 0.29) is 18.4 Å². The third-order valence-electron chi connectivity index (χ3n) is 5.41. The smallest absolute Gasteiger partial charge is 0.247 e. The van der Waals surface area contributed by atoms with Crippen LogP contribution >= 0.6 is 23.2 Å². The number of hydrogen-bond donors (Lipinski definition) is 2. The number of carbonyl (C=O) groups is 2. The second kappa shape index (κ2) is 9.69. The molecule has 1 unspecified atom stereocenters. The van der Waals surface area contributed by atoms with Gasteiger partial charge in [0.05, 0.1) is 7.11 Å². The van der Waals surface area contributed by atoms with Crippen molar-refractivity contribution in [3.8, 4) is 5.75 Å². The molecule has 2 N–H and O–H groups in total. The van der Waals surface area contributed by atoms with Gasteiger partial charge in [-0.2, -0.15) is 0 Å². The van der Waals surface area contributed by atoms with Gasteiger partial charge in [-0.15, -0.1) is 0 Å². The molecule has 1 fully saturated rings. The Kier molecular flexibility index (Phi) is 7.23. The molecule has 3 rings (SSSR count). The second-order valence-electron chi connectivity index (χ2n) is 7.33. The highest BCUT2D eigenvalue weighted by molar-refractivity contribution is 6.35. The average Bonchev–Trinajstić information content (AvgIpc) is 3.22. The normalized spacial score (nSPS) is 18.1. The van der Waals surface area contributed by atoms with E-state index in [0.29, 0.717) is 36.1 Å². The van der Waals surface area contributed by atoms with Crippen LogP contribution in [0.3, 0.4) is 0 Å². The molecule has 0 aliphatic carbocycles. The Bertz CT molecular complexity index is 912. The molecule has 160 valence electrons. The predicted octanol–water partition coefficient (Wildman–Crippen LogP) is 3.40. The zero-order valence-electron chi connectivity index (χ0n) is 17.0. The molecule has 0 saturated carbocycles. The van der Waals surface area contributed by atoms with E-state index < -0.39 is 5.54 Å². The number of nitrogens with one attached hydrogen (secondary N) is 2. The van der Waals surface area contributed by atoms with Crippen molar-refractivity contribution < 1.29 is 14.3 Å². The first-order valence-corrected chi connectivity index (χ1v) is 10.5. The molecule has 1 aliphatic heterocycles. The maximum absolute atomic E-state index is 13.3. The maximum Gasteiger partial charge on any atom is 0.247 e. The Balaban J connectivity index is 1.80. The number of halogens is 2. The topological polar surface area (TPSA) is 70.7 Å². The number of amides is 2. The summed E-state index contributed by atoms with van der Waals surface area (Å²) in [6.07, 6.45) is 0.520. The highest BCUT2D eigenvalue weighted by atomic mass is 35.5. The van der Waals surface area contributed by atoms with E-state index in [2.05, 4.69) is 10.6 Å². The molecule has 6 nitrogen and oxygen atoms in total. The van der Waals surface area contributed by atoms with Gasteiger partial charge in [0.1, 0.15) is 11.3 Å². The van der Waals surface area contributed by atoms with Crippen molar-refractivity contribution in [2.75, 3.05) is 20.2 Å². The first kappa shape index (κ1) is 22.4. The Morgan fingerprint density at radius 3 is 2.50 bits per heavy atom. The quantitative estimate of drug-likeness (QED) is 0.679. The summed E-state index contributed by atoms with van der Waals surface area (Å²) in [5.74, 6) is 0.372. The molecule has 1 aliphatic rings. The summed E-state index contributed by atoms with van der Waals surface area (Å²) in [5.41, 5.74) is 0.701. The van der Waals surface area contributed by atoms with Gasteiger partial charge in [-0.1, -0.05) is 41.4 Å². The Hall–Kier alpha value is -2.28. The molecule has 2 aromatic carbocycles. The van der Waals surface area contributed by atoms with Crippen LogP contribution in [0.2, 0.25) is 10.0 Å². The molecule has 2 aromatic rings. The number of carbonyl (C=O) groups excluding carboxylic acids is 2. The molecule has 0 bridgehead atoms. The first-order valence-electron chi connectivity index (χ1n) is 9.70. The van der Waals surface area contributed by atoms with Gasteiger partial charge in [0.25, 0.3) is 0 Å². The molecule has 30 heavy (non-hydrogen) atoms. The van der Waals surface area contributed by atoms with E-state index in [4.69, 9.17) is 27.9 Å². The molecule has 2 amide bonds. The molecule has 8 heteroatoms. The molecule has 0 aromatic heterocycles. The van der Waals surface area contributed by atoms with Gasteiger partial charge in [-0.3, -0.25) is 9.59 Å². The third-order valence-corrected chi connectivity index (χ3v) is 5.99. The van der Waals surface area contributed by atoms with E-state index in [1.807, 2.05) is 24.3 Å². The van der Waals surface area contributed by atoms with Crippen molar-refractivity contribution >= 4 is 35.0 Å². The summed E-state index contributed by atoms with van der Waals surface area (Å²) < 4.78 is 5.16. The lowest BCUT2D eigenvalue weighted by atomic mass is 9.93. The molecule has 0 spiro atoms. The lowest BCUT2D eigenvalue weighted by Crippen LogP contribution is -2.61. The fourth-order valence-electron chi connectivity index (χ4n) is 3.70. The van der Waals surface area contributed by atoms with Crippen molar-refractivity contribution in [2.45, 2.75) is 32.0 Å². The molecular formula is C22H25Cl2N3O3. The van der Waals surface area contributed by atoms with Crippen LogP contribution in [0.4, 0.5) is 0 Å². The fourth-order valence-corrected chi connectivity index (χ4v) is 4.17.